The molecule has 0 saturated carbocycles. The highest BCUT2D eigenvalue weighted by molar-refractivity contribution is 6.16. The maximum absolute atomic E-state index is 13.4. The second kappa shape index (κ2) is 8.16. The lowest BCUT2D eigenvalue weighted by molar-refractivity contribution is -0.116. The van der Waals surface area contributed by atoms with Gasteiger partial charge >= 0.3 is 0 Å². The number of benzene rings is 2. The summed E-state index contributed by atoms with van der Waals surface area (Å²) in [6, 6.07) is 14.5. The zero-order chi connectivity index (χ0) is 23.1. The number of nitrogens with one attached hydrogen (secondary N) is 2. The Morgan fingerprint density at radius 2 is 1.79 bits per heavy atom. The van der Waals surface area contributed by atoms with Gasteiger partial charge < -0.3 is 4.90 Å². The number of anilines is 2. The molecule has 5 rings (SSSR count). The fourth-order valence-electron chi connectivity index (χ4n) is 4.39. The van der Waals surface area contributed by atoms with Gasteiger partial charge in [0.05, 0.1) is 11.3 Å². The summed E-state index contributed by atoms with van der Waals surface area (Å²) in [7, 11) is 0. The van der Waals surface area contributed by atoms with Crippen molar-refractivity contribution >= 4 is 29.4 Å². The lowest BCUT2D eigenvalue weighted by Gasteiger charge is -2.41. The van der Waals surface area contributed by atoms with E-state index in [4.69, 9.17) is 0 Å². The Morgan fingerprint density at radius 1 is 1.06 bits per heavy atom. The molecular weight excluding hydrogens is 420 g/mol. The van der Waals surface area contributed by atoms with Crippen molar-refractivity contribution in [1.82, 2.24) is 20.1 Å². The number of H-pyrrole nitrogens is 1. The molecule has 0 bridgehead atoms. The number of hydrogen-bond acceptors (Lipinski definition) is 5. The summed E-state index contributed by atoms with van der Waals surface area (Å²) in [6.07, 6.45) is 0.113. The average molecular weight is 444 g/mol. The molecule has 1 atom stereocenters. The smallest absolute Gasteiger partial charge is 0.260 e. The summed E-state index contributed by atoms with van der Waals surface area (Å²) in [5, 5.41) is 9.51. The number of aromatic amines is 1. The standard InChI is InChI=1S/C24H24N6O3/c1-14(2)20-26-24(28-27-20)25-19(31)12-7-13-29-21-15-8-3-4-9-16(15)23(33)30(21)18-11-6-5-10-17(18)22(29)32/h3-6,8-11,14,21H,7,12-13H2,1-2H3,(H2,25,26,27,28,31). The zero-order valence-corrected chi connectivity index (χ0v) is 18.4. The molecule has 3 amide bonds. The minimum Gasteiger partial charge on any atom is -0.313 e. The van der Waals surface area contributed by atoms with Crippen LogP contribution in [0.3, 0.4) is 0 Å². The summed E-state index contributed by atoms with van der Waals surface area (Å²) < 4.78 is 0. The number of aromatic nitrogens is 3. The van der Waals surface area contributed by atoms with Gasteiger partial charge in [-0.25, -0.2) is 0 Å². The lowest BCUT2D eigenvalue weighted by Crippen LogP contribution is -2.48. The minimum atomic E-state index is -0.513. The Balaban J connectivity index is 1.34. The van der Waals surface area contributed by atoms with Crippen LogP contribution in [-0.2, 0) is 4.79 Å². The highest BCUT2D eigenvalue weighted by Crippen LogP contribution is 2.45. The molecule has 0 fully saturated rings. The van der Waals surface area contributed by atoms with Gasteiger partial charge in [0.15, 0.2) is 0 Å². The van der Waals surface area contributed by atoms with Crippen molar-refractivity contribution in [3.8, 4) is 0 Å². The lowest BCUT2D eigenvalue weighted by atomic mass is 10.0. The molecule has 1 aromatic heterocycles. The van der Waals surface area contributed by atoms with E-state index in [9.17, 15) is 14.4 Å². The van der Waals surface area contributed by atoms with Crippen LogP contribution in [0.25, 0.3) is 0 Å². The maximum Gasteiger partial charge on any atom is 0.260 e. The highest BCUT2D eigenvalue weighted by atomic mass is 16.2. The number of carbonyl (C=O) groups excluding carboxylic acids is 3. The molecular formula is C24H24N6O3. The van der Waals surface area contributed by atoms with Crippen LogP contribution in [0.5, 0.6) is 0 Å². The van der Waals surface area contributed by atoms with Gasteiger partial charge in [0.2, 0.25) is 11.9 Å². The van der Waals surface area contributed by atoms with Gasteiger partial charge in [-0.15, -0.1) is 5.10 Å². The summed E-state index contributed by atoms with van der Waals surface area (Å²) >= 11 is 0. The van der Waals surface area contributed by atoms with E-state index >= 15 is 0 Å². The van der Waals surface area contributed by atoms with Crippen LogP contribution in [0, 0.1) is 0 Å². The molecule has 2 aliphatic rings. The van der Waals surface area contributed by atoms with E-state index in [-0.39, 0.29) is 36.0 Å². The molecule has 2 aliphatic heterocycles. The first kappa shape index (κ1) is 20.9. The molecule has 33 heavy (non-hydrogen) atoms. The van der Waals surface area contributed by atoms with Crippen molar-refractivity contribution in [3.05, 3.63) is 71.0 Å². The second-order valence-electron chi connectivity index (χ2n) is 8.50. The Kier molecular flexibility index (Phi) is 5.16. The van der Waals surface area contributed by atoms with Crippen LogP contribution in [0.2, 0.25) is 0 Å². The van der Waals surface area contributed by atoms with Crippen molar-refractivity contribution in [2.24, 2.45) is 0 Å². The molecule has 0 spiro atoms. The van der Waals surface area contributed by atoms with Crippen molar-refractivity contribution < 1.29 is 14.4 Å². The van der Waals surface area contributed by atoms with Gasteiger partial charge in [-0.3, -0.25) is 29.7 Å². The number of nitrogens with zero attached hydrogens (tertiary/aromatic N) is 4. The molecule has 0 radical (unpaired) electrons. The van der Waals surface area contributed by atoms with Crippen molar-refractivity contribution in [2.75, 3.05) is 16.8 Å². The van der Waals surface area contributed by atoms with E-state index in [0.29, 0.717) is 35.6 Å². The maximum atomic E-state index is 13.4. The summed E-state index contributed by atoms with van der Waals surface area (Å²) in [6.45, 7) is 4.29. The van der Waals surface area contributed by atoms with Crippen molar-refractivity contribution in [2.45, 2.75) is 38.8 Å². The van der Waals surface area contributed by atoms with Gasteiger partial charge in [0.25, 0.3) is 11.8 Å². The predicted octanol–water partition coefficient (Wildman–Crippen LogP) is 3.46. The number of carbonyl (C=O) groups is 3. The minimum absolute atomic E-state index is 0.121. The Morgan fingerprint density at radius 3 is 2.55 bits per heavy atom. The largest absolute Gasteiger partial charge is 0.313 e. The second-order valence-corrected chi connectivity index (χ2v) is 8.50. The van der Waals surface area contributed by atoms with Gasteiger partial charge in [-0.2, -0.15) is 4.98 Å². The first-order valence-corrected chi connectivity index (χ1v) is 11.0. The molecule has 2 aromatic carbocycles. The normalized spacial score (nSPS) is 16.6. The Hall–Kier alpha value is -4.01. The zero-order valence-electron chi connectivity index (χ0n) is 18.4. The molecule has 9 nitrogen and oxygen atoms in total. The third-order valence-corrected chi connectivity index (χ3v) is 5.99. The topological polar surface area (TPSA) is 111 Å². The van der Waals surface area contributed by atoms with Crippen LogP contribution < -0.4 is 10.2 Å². The van der Waals surface area contributed by atoms with Gasteiger partial charge in [-0.1, -0.05) is 44.2 Å². The van der Waals surface area contributed by atoms with Gasteiger partial charge in [0.1, 0.15) is 12.0 Å². The monoisotopic (exact) mass is 444 g/mol. The number of fused-ring (bicyclic) bond motifs is 5. The van der Waals surface area contributed by atoms with E-state index in [1.54, 1.807) is 34.1 Å². The Labute approximate surface area is 190 Å². The molecule has 9 heteroatoms. The molecule has 3 heterocycles. The quantitative estimate of drug-likeness (QED) is 0.605. The fourth-order valence-corrected chi connectivity index (χ4v) is 4.39. The van der Waals surface area contributed by atoms with Crippen LogP contribution in [-0.4, -0.2) is 44.3 Å². The Bertz CT molecular complexity index is 1250. The SMILES string of the molecule is CC(C)c1nc(NC(=O)CCCN2C(=O)c3ccccc3N3C(=O)c4ccccc4C23)n[nH]1. The van der Waals surface area contributed by atoms with Crippen molar-refractivity contribution in [1.29, 1.82) is 0 Å². The number of rotatable bonds is 6. The highest BCUT2D eigenvalue weighted by Gasteiger charge is 2.47. The third kappa shape index (κ3) is 3.55. The molecule has 0 aliphatic carbocycles. The first-order chi connectivity index (χ1) is 16.0. The number of para-hydroxylation sites is 1. The van der Waals surface area contributed by atoms with Crippen LogP contribution in [0.15, 0.2) is 48.5 Å². The third-order valence-electron chi connectivity index (χ3n) is 5.99. The molecule has 2 N–H and O–H groups in total. The first-order valence-electron chi connectivity index (χ1n) is 11.0. The molecule has 3 aromatic rings. The van der Waals surface area contributed by atoms with Crippen LogP contribution in [0.4, 0.5) is 11.6 Å². The molecule has 168 valence electrons. The number of amides is 3. The predicted molar refractivity (Wildman–Crippen MR) is 122 cm³/mol. The van der Waals surface area contributed by atoms with E-state index in [2.05, 4.69) is 20.5 Å². The molecule has 1 unspecified atom stereocenters. The molecule has 0 saturated heterocycles. The van der Waals surface area contributed by atoms with E-state index in [1.165, 1.54) is 0 Å². The van der Waals surface area contributed by atoms with E-state index in [0.717, 1.165) is 5.56 Å². The summed E-state index contributed by atoms with van der Waals surface area (Å²) in [4.78, 5) is 46.6. The van der Waals surface area contributed by atoms with Gasteiger partial charge in [0, 0.05) is 30.0 Å². The van der Waals surface area contributed by atoms with Crippen LogP contribution in [0.1, 0.15) is 70.9 Å². The fraction of sp³-hybridized carbons (Fsp3) is 0.292. The average Bonchev–Trinajstić information content (AvgIpc) is 3.39. The summed E-state index contributed by atoms with van der Waals surface area (Å²) in [5.74, 6) is 0.627. The number of hydrogen-bond donors (Lipinski definition) is 2. The van der Waals surface area contributed by atoms with Crippen LogP contribution >= 0.6 is 0 Å². The van der Waals surface area contributed by atoms with Crippen molar-refractivity contribution in [3.63, 3.8) is 0 Å². The summed E-state index contributed by atoms with van der Waals surface area (Å²) in [5.41, 5.74) is 2.51. The van der Waals surface area contributed by atoms with Gasteiger partial charge in [-0.05, 0) is 24.6 Å². The van der Waals surface area contributed by atoms with E-state index < -0.39 is 6.17 Å². The van der Waals surface area contributed by atoms with E-state index in [1.807, 2.05) is 38.1 Å².